The highest BCUT2D eigenvalue weighted by Crippen LogP contribution is 2.29. The molecule has 0 amide bonds. The number of pyridine rings is 2. The van der Waals surface area contributed by atoms with Gasteiger partial charge < -0.3 is 5.11 Å². The molecule has 0 saturated carbocycles. The minimum absolute atomic E-state index is 0.0638. The van der Waals surface area contributed by atoms with E-state index >= 15 is 0 Å². The maximum Gasteiger partial charge on any atom is 0.354 e. The Morgan fingerprint density at radius 1 is 1.15 bits per heavy atom. The minimum Gasteiger partial charge on any atom is -0.477 e. The van der Waals surface area contributed by atoms with Crippen molar-refractivity contribution < 1.29 is 9.90 Å². The van der Waals surface area contributed by atoms with Gasteiger partial charge in [-0.1, -0.05) is 48.0 Å². The number of hydrogen-bond donors (Lipinski definition) is 1. The summed E-state index contributed by atoms with van der Waals surface area (Å²) in [6.07, 6.45) is 2.40. The molecular formula is C21H16ClN3O2. The van der Waals surface area contributed by atoms with Crippen LogP contribution >= 0.6 is 11.6 Å². The second-order valence-electron chi connectivity index (χ2n) is 6.37. The lowest BCUT2D eigenvalue weighted by molar-refractivity contribution is 0.0690. The number of halogens is 1. The van der Waals surface area contributed by atoms with Gasteiger partial charge >= 0.3 is 5.97 Å². The summed E-state index contributed by atoms with van der Waals surface area (Å²) in [6.45, 7) is 2.01. The van der Waals surface area contributed by atoms with Gasteiger partial charge in [-0.25, -0.2) is 14.3 Å². The number of carbonyl (C=O) groups is 1. The molecule has 4 rings (SSSR count). The normalized spacial score (nSPS) is 11.0. The molecule has 134 valence electrons. The van der Waals surface area contributed by atoms with E-state index in [4.69, 9.17) is 16.7 Å². The lowest BCUT2D eigenvalue weighted by atomic mass is 10.0. The Morgan fingerprint density at radius 3 is 2.67 bits per heavy atom. The van der Waals surface area contributed by atoms with E-state index in [1.807, 2.05) is 60.1 Å². The van der Waals surface area contributed by atoms with Crippen LogP contribution < -0.4 is 0 Å². The summed E-state index contributed by atoms with van der Waals surface area (Å²) in [5.41, 5.74) is 5.41. The van der Waals surface area contributed by atoms with Crippen molar-refractivity contribution in [1.82, 2.24) is 14.6 Å². The fourth-order valence-corrected chi connectivity index (χ4v) is 3.37. The molecule has 1 N–H and O–H groups in total. The number of nitrogens with zero attached hydrogens (tertiary/aromatic N) is 3. The summed E-state index contributed by atoms with van der Waals surface area (Å²) in [5.74, 6) is -1.10. The first-order chi connectivity index (χ1) is 13.0. The lowest BCUT2D eigenvalue weighted by Gasteiger charge is -2.06. The molecule has 0 atom stereocenters. The molecule has 4 aromatic rings. The van der Waals surface area contributed by atoms with Crippen LogP contribution in [0, 0.1) is 6.92 Å². The van der Waals surface area contributed by atoms with Gasteiger partial charge in [0.1, 0.15) is 5.69 Å². The van der Waals surface area contributed by atoms with E-state index in [1.54, 1.807) is 6.07 Å². The van der Waals surface area contributed by atoms with Crippen LogP contribution in [0.4, 0.5) is 0 Å². The van der Waals surface area contributed by atoms with E-state index in [9.17, 15) is 9.90 Å². The van der Waals surface area contributed by atoms with Crippen LogP contribution in [0.3, 0.4) is 0 Å². The smallest absolute Gasteiger partial charge is 0.354 e. The Bertz CT molecular complexity index is 1150. The van der Waals surface area contributed by atoms with Crippen LogP contribution in [0.1, 0.15) is 27.3 Å². The van der Waals surface area contributed by atoms with Gasteiger partial charge in [-0.05, 0) is 30.7 Å². The van der Waals surface area contributed by atoms with Gasteiger partial charge in [-0.15, -0.1) is 0 Å². The summed E-state index contributed by atoms with van der Waals surface area (Å²) in [4.78, 5) is 15.6. The zero-order chi connectivity index (χ0) is 19.0. The van der Waals surface area contributed by atoms with Gasteiger partial charge in [0.15, 0.2) is 0 Å². The van der Waals surface area contributed by atoms with Gasteiger partial charge in [-0.2, -0.15) is 5.10 Å². The standard InChI is InChI=1S/C21H16ClN3O2/c1-13-7-8-19-17(11-16-9-15(22)10-18(23-16)21(26)27)20(24-25(19)12-13)14-5-3-2-4-6-14/h2-10,12H,11H2,1H3,(H,26,27). The SMILES string of the molecule is Cc1ccc2c(Cc3cc(Cl)cc(C(=O)O)n3)c(-c3ccccc3)nn2c1. The van der Waals surface area contributed by atoms with Crippen molar-refractivity contribution >= 4 is 23.1 Å². The largest absolute Gasteiger partial charge is 0.477 e. The predicted molar refractivity (Wildman–Crippen MR) is 104 cm³/mol. The van der Waals surface area contributed by atoms with Gasteiger partial charge in [0, 0.05) is 34.5 Å². The molecule has 0 aliphatic rings. The highest BCUT2D eigenvalue weighted by molar-refractivity contribution is 6.30. The van der Waals surface area contributed by atoms with E-state index in [1.165, 1.54) is 6.07 Å². The average molecular weight is 378 g/mol. The number of aryl methyl sites for hydroxylation is 1. The number of benzene rings is 1. The zero-order valence-electron chi connectivity index (χ0n) is 14.6. The third kappa shape index (κ3) is 3.41. The van der Waals surface area contributed by atoms with Gasteiger partial charge in [0.2, 0.25) is 0 Å². The molecule has 0 bridgehead atoms. The third-order valence-electron chi connectivity index (χ3n) is 4.35. The molecule has 0 aliphatic heterocycles. The maximum atomic E-state index is 11.3. The highest BCUT2D eigenvalue weighted by Gasteiger charge is 2.17. The van der Waals surface area contributed by atoms with Crippen LogP contribution in [0.5, 0.6) is 0 Å². The van der Waals surface area contributed by atoms with Crippen molar-refractivity contribution in [3.8, 4) is 11.3 Å². The zero-order valence-corrected chi connectivity index (χ0v) is 15.3. The first-order valence-electron chi connectivity index (χ1n) is 8.44. The van der Waals surface area contributed by atoms with E-state index in [0.29, 0.717) is 17.1 Å². The molecule has 0 saturated heterocycles. The van der Waals surface area contributed by atoms with E-state index < -0.39 is 5.97 Å². The van der Waals surface area contributed by atoms with Crippen LogP contribution in [0.25, 0.3) is 16.8 Å². The van der Waals surface area contributed by atoms with Gasteiger partial charge in [0.25, 0.3) is 0 Å². The summed E-state index contributed by atoms with van der Waals surface area (Å²) in [6, 6.07) is 17.0. The summed E-state index contributed by atoms with van der Waals surface area (Å²) in [5, 5.41) is 14.4. The van der Waals surface area contributed by atoms with Crippen LogP contribution in [0.2, 0.25) is 5.02 Å². The Labute approximate surface area is 160 Å². The van der Waals surface area contributed by atoms with Crippen molar-refractivity contribution in [2.75, 3.05) is 0 Å². The number of carboxylic acid groups (broad SMARTS) is 1. The molecule has 0 fully saturated rings. The molecule has 5 nitrogen and oxygen atoms in total. The van der Waals surface area contributed by atoms with Gasteiger partial charge in [0.05, 0.1) is 11.2 Å². The topological polar surface area (TPSA) is 67.5 Å². The number of fused-ring (bicyclic) bond motifs is 1. The number of carboxylic acids is 1. The number of aromatic nitrogens is 3. The van der Waals surface area contributed by atoms with E-state index in [0.717, 1.165) is 27.9 Å². The molecule has 3 aromatic heterocycles. The molecule has 0 radical (unpaired) electrons. The quantitative estimate of drug-likeness (QED) is 0.562. The monoisotopic (exact) mass is 377 g/mol. The van der Waals surface area contributed by atoms with Crippen LogP contribution in [-0.4, -0.2) is 25.7 Å². The Balaban J connectivity index is 1.89. The predicted octanol–water partition coefficient (Wildman–Crippen LogP) is 4.65. The molecule has 1 aromatic carbocycles. The summed E-state index contributed by atoms with van der Waals surface area (Å²) in [7, 11) is 0. The molecule has 27 heavy (non-hydrogen) atoms. The number of aromatic carboxylic acids is 1. The third-order valence-corrected chi connectivity index (χ3v) is 4.57. The highest BCUT2D eigenvalue weighted by atomic mass is 35.5. The van der Waals surface area contributed by atoms with Crippen molar-refractivity contribution in [3.63, 3.8) is 0 Å². The summed E-state index contributed by atoms with van der Waals surface area (Å²) < 4.78 is 1.86. The average Bonchev–Trinajstić information content (AvgIpc) is 2.99. The van der Waals surface area contributed by atoms with Crippen molar-refractivity contribution in [2.45, 2.75) is 13.3 Å². The second kappa shape index (κ2) is 6.85. The summed E-state index contributed by atoms with van der Waals surface area (Å²) >= 11 is 6.11. The van der Waals surface area contributed by atoms with E-state index in [-0.39, 0.29) is 5.69 Å². The number of rotatable bonds is 4. The Morgan fingerprint density at radius 2 is 1.93 bits per heavy atom. The van der Waals surface area contributed by atoms with Crippen molar-refractivity contribution in [3.05, 3.63) is 88.3 Å². The Kier molecular flexibility index (Phi) is 4.38. The van der Waals surface area contributed by atoms with Crippen LogP contribution in [-0.2, 0) is 6.42 Å². The molecule has 0 spiro atoms. The molecule has 6 heteroatoms. The lowest BCUT2D eigenvalue weighted by Crippen LogP contribution is -2.04. The molecule has 0 unspecified atom stereocenters. The minimum atomic E-state index is -1.10. The fourth-order valence-electron chi connectivity index (χ4n) is 3.14. The second-order valence-corrected chi connectivity index (χ2v) is 6.81. The maximum absolute atomic E-state index is 11.3. The van der Waals surface area contributed by atoms with Crippen molar-refractivity contribution in [2.24, 2.45) is 0 Å². The molecular weight excluding hydrogens is 362 g/mol. The first-order valence-corrected chi connectivity index (χ1v) is 8.82. The first kappa shape index (κ1) is 17.2. The van der Waals surface area contributed by atoms with E-state index in [2.05, 4.69) is 4.98 Å². The van der Waals surface area contributed by atoms with Crippen molar-refractivity contribution in [1.29, 1.82) is 0 Å². The molecule has 3 heterocycles. The fraction of sp³-hybridized carbons (Fsp3) is 0.0952. The molecule has 0 aliphatic carbocycles. The number of hydrogen-bond acceptors (Lipinski definition) is 3. The van der Waals surface area contributed by atoms with Crippen LogP contribution in [0.15, 0.2) is 60.8 Å². The Hall–Kier alpha value is -3.18. The van der Waals surface area contributed by atoms with Gasteiger partial charge in [-0.3, -0.25) is 0 Å².